The molecule has 0 fully saturated rings. The minimum absolute atomic E-state index is 0.207. The molecule has 1 amide bonds. The molecule has 0 atom stereocenters. The van der Waals surface area contributed by atoms with Crippen molar-refractivity contribution in [2.75, 3.05) is 0 Å². The third-order valence-electron chi connectivity index (χ3n) is 5.97. The van der Waals surface area contributed by atoms with E-state index < -0.39 is 11.9 Å². The van der Waals surface area contributed by atoms with E-state index in [1.54, 1.807) is 66.7 Å². The van der Waals surface area contributed by atoms with Crippen molar-refractivity contribution in [1.29, 1.82) is 0 Å². The van der Waals surface area contributed by atoms with Gasteiger partial charge in [0, 0.05) is 32.1 Å². The van der Waals surface area contributed by atoms with Crippen LogP contribution in [0.3, 0.4) is 0 Å². The van der Waals surface area contributed by atoms with E-state index in [0.717, 1.165) is 5.56 Å². The number of halogens is 3. The number of aromatic nitrogens is 1. The summed E-state index contributed by atoms with van der Waals surface area (Å²) in [6, 6.07) is 24.4. The van der Waals surface area contributed by atoms with E-state index in [-0.39, 0.29) is 5.69 Å². The van der Waals surface area contributed by atoms with E-state index in [0.29, 0.717) is 54.0 Å². The maximum absolute atomic E-state index is 13.3. The van der Waals surface area contributed by atoms with E-state index in [9.17, 15) is 9.59 Å². The van der Waals surface area contributed by atoms with Gasteiger partial charge < -0.3 is 9.72 Å². The maximum atomic E-state index is 13.3. The minimum atomic E-state index is -0.529. The van der Waals surface area contributed by atoms with Gasteiger partial charge in [-0.2, -0.15) is 5.10 Å². The number of esters is 1. The monoisotopic (exact) mass is 575 g/mol. The maximum Gasteiger partial charge on any atom is 0.343 e. The number of nitrogens with one attached hydrogen (secondary N) is 2. The van der Waals surface area contributed by atoms with Gasteiger partial charge in [0.05, 0.1) is 22.3 Å². The van der Waals surface area contributed by atoms with Gasteiger partial charge in [0.2, 0.25) is 0 Å². The van der Waals surface area contributed by atoms with Gasteiger partial charge in [-0.25, -0.2) is 10.2 Å². The second-order valence-corrected chi connectivity index (χ2v) is 9.91. The average molecular weight is 577 g/mol. The number of ether oxygens (including phenoxy) is 1. The van der Waals surface area contributed by atoms with Crippen LogP contribution < -0.4 is 10.2 Å². The van der Waals surface area contributed by atoms with Gasteiger partial charge in [0.15, 0.2) is 0 Å². The van der Waals surface area contributed by atoms with Crippen LogP contribution in [0.1, 0.15) is 32.0 Å². The zero-order valence-electron chi connectivity index (χ0n) is 20.5. The number of hydrazone groups is 1. The Labute approximate surface area is 239 Å². The van der Waals surface area contributed by atoms with E-state index in [1.165, 1.54) is 6.21 Å². The number of para-hydroxylation sites is 1. The molecule has 39 heavy (non-hydrogen) atoms. The molecule has 1 aromatic heterocycles. The Balaban J connectivity index is 1.43. The predicted octanol–water partition coefficient (Wildman–Crippen LogP) is 8.09. The standard InChI is InChI=1S/C30H20Cl3N3O3/c1-17-10-12-18(13-11-17)30(38)39-25-9-5-2-6-19(25)16-34-36-29(37)28-26(21-7-3-4-8-23(21)32)22-14-20(31)15-24(33)27(22)35-28/h2-16,35H,1H3,(H,36,37). The average Bonchev–Trinajstić information content (AvgIpc) is 3.30. The van der Waals surface area contributed by atoms with Crippen molar-refractivity contribution in [1.82, 2.24) is 10.4 Å². The van der Waals surface area contributed by atoms with Crippen molar-refractivity contribution >= 4 is 63.8 Å². The number of hydrogen-bond acceptors (Lipinski definition) is 4. The highest BCUT2D eigenvalue weighted by atomic mass is 35.5. The zero-order valence-corrected chi connectivity index (χ0v) is 22.7. The highest BCUT2D eigenvalue weighted by Crippen LogP contribution is 2.40. The Morgan fingerprint density at radius 3 is 2.38 bits per heavy atom. The molecular formula is C30H20Cl3N3O3. The topological polar surface area (TPSA) is 83.5 Å². The second-order valence-electron chi connectivity index (χ2n) is 8.66. The largest absolute Gasteiger partial charge is 0.422 e. The van der Waals surface area contributed by atoms with Gasteiger partial charge in [-0.1, -0.05) is 82.8 Å². The number of hydrogen-bond donors (Lipinski definition) is 2. The third-order valence-corrected chi connectivity index (χ3v) is 6.82. The molecule has 0 saturated carbocycles. The molecule has 0 spiro atoms. The van der Waals surface area contributed by atoms with Crippen LogP contribution in [0.5, 0.6) is 5.75 Å². The lowest BCUT2D eigenvalue weighted by Gasteiger charge is -2.08. The van der Waals surface area contributed by atoms with E-state index >= 15 is 0 Å². The first-order valence-electron chi connectivity index (χ1n) is 11.8. The summed E-state index contributed by atoms with van der Waals surface area (Å²) in [7, 11) is 0. The molecule has 0 unspecified atom stereocenters. The number of benzene rings is 4. The molecule has 1 heterocycles. The van der Waals surface area contributed by atoms with Crippen LogP contribution in [0, 0.1) is 6.92 Å². The molecule has 4 aromatic carbocycles. The fourth-order valence-corrected chi connectivity index (χ4v) is 4.85. The molecule has 0 radical (unpaired) electrons. The van der Waals surface area contributed by atoms with Crippen LogP contribution in [0.4, 0.5) is 0 Å². The summed E-state index contributed by atoms with van der Waals surface area (Å²) in [5, 5.41) is 5.98. The van der Waals surface area contributed by atoms with Crippen molar-refractivity contribution in [3.8, 4) is 16.9 Å². The zero-order chi connectivity index (χ0) is 27.5. The van der Waals surface area contributed by atoms with Crippen molar-refractivity contribution in [3.63, 3.8) is 0 Å². The van der Waals surface area contributed by atoms with Gasteiger partial charge in [0.1, 0.15) is 11.4 Å². The SMILES string of the molecule is Cc1ccc(C(=O)Oc2ccccc2C=NNC(=O)c2[nH]c3c(Cl)cc(Cl)cc3c2-c2ccccc2Cl)cc1. The van der Waals surface area contributed by atoms with Crippen LogP contribution in [0.2, 0.25) is 15.1 Å². The van der Waals surface area contributed by atoms with Crippen molar-refractivity contribution in [3.05, 3.63) is 122 Å². The van der Waals surface area contributed by atoms with E-state index in [1.807, 2.05) is 25.1 Å². The smallest absolute Gasteiger partial charge is 0.343 e. The van der Waals surface area contributed by atoms with E-state index in [2.05, 4.69) is 15.5 Å². The van der Waals surface area contributed by atoms with Crippen LogP contribution in [-0.2, 0) is 0 Å². The molecule has 0 aliphatic heterocycles. The summed E-state index contributed by atoms with van der Waals surface area (Å²) in [5.74, 6) is -0.735. The molecule has 0 aliphatic carbocycles. The van der Waals surface area contributed by atoms with Crippen LogP contribution >= 0.6 is 34.8 Å². The summed E-state index contributed by atoms with van der Waals surface area (Å²) in [6.07, 6.45) is 1.40. The Morgan fingerprint density at radius 2 is 1.62 bits per heavy atom. The Kier molecular flexibility index (Phi) is 7.70. The summed E-state index contributed by atoms with van der Waals surface area (Å²) < 4.78 is 5.58. The van der Waals surface area contributed by atoms with E-state index in [4.69, 9.17) is 39.5 Å². The van der Waals surface area contributed by atoms with Gasteiger partial charge in [-0.3, -0.25) is 4.79 Å². The molecule has 6 nitrogen and oxygen atoms in total. The Morgan fingerprint density at radius 1 is 0.897 bits per heavy atom. The fourth-order valence-electron chi connectivity index (χ4n) is 4.08. The number of carbonyl (C=O) groups is 2. The normalized spacial score (nSPS) is 11.2. The Bertz CT molecular complexity index is 1740. The number of aromatic amines is 1. The molecule has 0 saturated heterocycles. The number of rotatable bonds is 6. The number of aryl methyl sites for hydroxylation is 1. The first kappa shape index (κ1) is 26.5. The van der Waals surface area contributed by atoms with Gasteiger partial charge in [-0.15, -0.1) is 0 Å². The minimum Gasteiger partial charge on any atom is -0.422 e. The highest BCUT2D eigenvalue weighted by Gasteiger charge is 2.22. The van der Waals surface area contributed by atoms with Gasteiger partial charge >= 0.3 is 5.97 Å². The number of nitrogens with zero attached hydrogens (tertiary/aromatic N) is 1. The molecule has 0 aliphatic rings. The van der Waals surface area contributed by atoms with Crippen molar-refractivity contribution in [2.24, 2.45) is 5.10 Å². The van der Waals surface area contributed by atoms with Gasteiger partial charge in [0.25, 0.3) is 5.91 Å². The molecule has 0 bridgehead atoms. The molecule has 9 heteroatoms. The lowest BCUT2D eigenvalue weighted by Crippen LogP contribution is -2.19. The van der Waals surface area contributed by atoms with Crippen molar-refractivity contribution < 1.29 is 14.3 Å². The number of fused-ring (bicyclic) bond motifs is 1. The van der Waals surface area contributed by atoms with Crippen LogP contribution in [0.15, 0.2) is 90.0 Å². The summed E-state index contributed by atoms with van der Waals surface area (Å²) in [4.78, 5) is 29.0. The molecule has 2 N–H and O–H groups in total. The van der Waals surface area contributed by atoms with Crippen LogP contribution in [-0.4, -0.2) is 23.1 Å². The highest BCUT2D eigenvalue weighted by molar-refractivity contribution is 6.39. The number of H-pyrrole nitrogens is 1. The Hall–Kier alpha value is -4.10. The first-order chi connectivity index (χ1) is 18.8. The second kappa shape index (κ2) is 11.3. The lowest BCUT2D eigenvalue weighted by molar-refractivity contribution is 0.0734. The number of carbonyl (C=O) groups excluding carboxylic acids is 2. The first-order valence-corrected chi connectivity index (χ1v) is 12.9. The molecule has 5 aromatic rings. The predicted molar refractivity (Wildman–Crippen MR) is 156 cm³/mol. The van der Waals surface area contributed by atoms with Crippen LogP contribution in [0.25, 0.3) is 22.0 Å². The summed E-state index contributed by atoms with van der Waals surface area (Å²) in [6.45, 7) is 1.94. The third kappa shape index (κ3) is 5.68. The fraction of sp³-hybridized carbons (Fsp3) is 0.0333. The molecule has 5 rings (SSSR count). The van der Waals surface area contributed by atoms with Crippen molar-refractivity contribution in [2.45, 2.75) is 6.92 Å². The van der Waals surface area contributed by atoms with Gasteiger partial charge in [-0.05, 0) is 49.4 Å². The molecule has 194 valence electrons. The lowest BCUT2D eigenvalue weighted by atomic mass is 10.0. The number of amides is 1. The molecular weight excluding hydrogens is 557 g/mol. The summed E-state index contributed by atoms with van der Waals surface area (Å²) in [5.41, 5.74) is 6.40. The quantitative estimate of drug-likeness (QED) is 0.0927. The summed E-state index contributed by atoms with van der Waals surface area (Å²) >= 11 is 19.2.